The van der Waals surface area contributed by atoms with Gasteiger partial charge in [0.15, 0.2) is 0 Å². The van der Waals surface area contributed by atoms with Gasteiger partial charge in [-0.3, -0.25) is 4.79 Å². The molecule has 1 aliphatic rings. The number of hydrogen-bond donors (Lipinski definition) is 1. The second-order valence-corrected chi connectivity index (χ2v) is 6.29. The van der Waals surface area contributed by atoms with Gasteiger partial charge in [-0.15, -0.1) is 0 Å². The molecule has 0 atom stereocenters. The maximum absolute atomic E-state index is 13.6. The molecule has 0 unspecified atom stereocenters. The van der Waals surface area contributed by atoms with Gasteiger partial charge in [0.1, 0.15) is 5.82 Å². The van der Waals surface area contributed by atoms with Crippen molar-refractivity contribution in [3.63, 3.8) is 0 Å². The summed E-state index contributed by atoms with van der Waals surface area (Å²) in [6.07, 6.45) is 3.41. The first kappa shape index (κ1) is 16.2. The van der Waals surface area contributed by atoms with E-state index in [9.17, 15) is 9.18 Å². The Morgan fingerprint density at radius 2 is 1.92 bits per heavy atom. The van der Waals surface area contributed by atoms with Gasteiger partial charge in [-0.05, 0) is 48.2 Å². The summed E-state index contributed by atoms with van der Waals surface area (Å²) in [4.78, 5) is 12.9. The van der Waals surface area contributed by atoms with Crippen LogP contribution in [0.5, 0.6) is 0 Å². The first-order valence-electron chi connectivity index (χ1n) is 8.17. The summed E-state index contributed by atoms with van der Waals surface area (Å²) in [6.45, 7) is 0.366. The summed E-state index contributed by atoms with van der Waals surface area (Å²) in [5.74, 6) is -0.374. The van der Waals surface area contributed by atoms with Crippen LogP contribution in [0.1, 0.15) is 42.4 Å². The van der Waals surface area contributed by atoms with E-state index in [0.717, 1.165) is 36.8 Å². The number of halogens is 1. The van der Waals surface area contributed by atoms with E-state index < -0.39 is 5.41 Å². The summed E-state index contributed by atoms with van der Waals surface area (Å²) in [6, 6.07) is 15.7. The van der Waals surface area contributed by atoms with Crippen molar-refractivity contribution in [1.82, 2.24) is 5.32 Å². The predicted molar refractivity (Wildman–Crippen MR) is 89.5 cm³/mol. The molecular weight excluding hydrogens is 303 g/mol. The van der Waals surface area contributed by atoms with Gasteiger partial charge in [0.05, 0.1) is 17.0 Å². The van der Waals surface area contributed by atoms with Gasteiger partial charge in [-0.2, -0.15) is 5.26 Å². The Morgan fingerprint density at radius 3 is 2.62 bits per heavy atom. The molecule has 1 aliphatic carbocycles. The third kappa shape index (κ3) is 3.16. The topological polar surface area (TPSA) is 52.9 Å². The smallest absolute Gasteiger partial charge is 0.230 e. The Balaban J connectivity index is 1.79. The standard InChI is InChI=1S/C20H19FN2O/c21-18-8-4-7-17(12-18)20(9-1-2-10-20)19(24)23-14-16-6-3-5-15(11-16)13-22/h3-8,11-12H,1-2,9-10,14H2,(H,23,24). The van der Waals surface area contributed by atoms with Crippen molar-refractivity contribution in [2.24, 2.45) is 0 Å². The van der Waals surface area contributed by atoms with Crippen LogP contribution in [-0.4, -0.2) is 5.91 Å². The minimum absolute atomic E-state index is 0.0621. The van der Waals surface area contributed by atoms with Gasteiger partial charge in [0.2, 0.25) is 5.91 Å². The Labute approximate surface area is 141 Å². The van der Waals surface area contributed by atoms with Crippen LogP contribution in [0.15, 0.2) is 48.5 Å². The van der Waals surface area contributed by atoms with E-state index in [4.69, 9.17) is 5.26 Å². The molecule has 3 nitrogen and oxygen atoms in total. The maximum Gasteiger partial charge on any atom is 0.230 e. The number of nitrogens with zero attached hydrogens (tertiary/aromatic N) is 1. The van der Waals surface area contributed by atoms with Crippen LogP contribution in [0.3, 0.4) is 0 Å². The van der Waals surface area contributed by atoms with E-state index in [1.807, 2.05) is 12.1 Å². The largest absolute Gasteiger partial charge is 0.351 e. The van der Waals surface area contributed by atoms with Crippen LogP contribution in [0, 0.1) is 17.1 Å². The van der Waals surface area contributed by atoms with Crippen LogP contribution in [-0.2, 0) is 16.8 Å². The van der Waals surface area contributed by atoms with Gasteiger partial charge in [-0.25, -0.2) is 4.39 Å². The van der Waals surface area contributed by atoms with Gasteiger partial charge in [0, 0.05) is 6.54 Å². The molecule has 0 heterocycles. The summed E-state index contributed by atoms with van der Waals surface area (Å²) in [5, 5.41) is 11.9. The number of carbonyl (C=O) groups excluding carboxylic acids is 1. The highest BCUT2D eigenvalue weighted by Crippen LogP contribution is 2.41. The third-order valence-corrected chi connectivity index (χ3v) is 4.78. The van der Waals surface area contributed by atoms with Crippen molar-refractivity contribution in [2.45, 2.75) is 37.6 Å². The molecule has 2 aromatic carbocycles. The van der Waals surface area contributed by atoms with Crippen molar-refractivity contribution >= 4 is 5.91 Å². The zero-order valence-corrected chi connectivity index (χ0v) is 13.4. The van der Waals surface area contributed by atoms with Gasteiger partial charge in [-0.1, -0.05) is 37.1 Å². The third-order valence-electron chi connectivity index (χ3n) is 4.78. The predicted octanol–water partition coefficient (Wildman–Crippen LogP) is 3.83. The molecule has 1 saturated carbocycles. The van der Waals surface area contributed by atoms with Crippen LogP contribution in [0.25, 0.3) is 0 Å². The molecule has 3 rings (SSSR count). The first-order valence-corrected chi connectivity index (χ1v) is 8.17. The molecule has 1 amide bonds. The summed E-state index contributed by atoms with van der Waals surface area (Å²) in [7, 11) is 0. The molecule has 0 aliphatic heterocycles. The fourth-order valence-corrected chi connectivity index (χ4v) is 3.51. The molecule has 0 bridgehead atoms. The second kappa shape index (κ2) is 6.84. The van der Waals surface area contributed by atoms with Crippen LogP contribution < -0.4 is 5.32 Å². The van der Waals surface area contributed by atoms with Crippen molar-refractivity contribution in [2.75, 3.05) is 0 Å². The highest BCUT2D eigenvalue weighted by Gasteiger charge is 2.42. The van der Waals surface area contributed by atoms with Crippen molar-refractivity contribution in [3.8, 4) is 6.07 Å². The molecule has 24 heavy (non-hydrogen) atoms. The second-order valence-electron chi connectivity index (χ2n) is 6.29. The highest BCUT2D eigenvalue weighted by atomic mass is 19.1. The molecule has 0 radical (unpaired) electrons. The minimum atomic E-state index is -0.644. The van der Waals surface area contributed by atoms with Crippen molar-refractivity contribution < 1.29 is 9.18 Å². The quantitative estimate of drug-likeness (QED) is 0.930. The van der Waals surface area contributed by atoms with Gasteiger partial charge < -0.3 is 5.32 Å². The Morgan fingerprint density at radius 1 is 1.17 bits per heavy atom. The number of hydrogen-bond acceptors (Lipinski definition) is 2. The summed E-state index contributed by atoms with van der Waals surface area (Å²) in [5.41, 5.74) is 1.56. The Kier molecular flexibility index (Phi) is 4.61. The number of nitrogens with one attached hydrogen (secondary N) is 1. The van der Waals surface area contributed by atoms with Crippen molar-refractivity contribution in [3.05, 3.63) is 71.0 Å². The number of carbonyl (C=O) groups is 1. The van der Waals surface area contributed by atoms with Crippen LogP contribution in [0.4, 0.5) is 4.39 Å². The molecule has 0 aromatic heterocycles. The highest BCUT2D eigenvalue weighted by molar-refractivity contribution is 5.88. The number of nitriles is 1. The van der Waals surface area contributed by atoms with Crippen LogP contribution in [0.2, 0.25) is 0 Å². The molecule has 122 valence electrons. The van der Waals surface area contributed by atoms with E-state index in [1.165, 1.54) is 12.1 Å². The molecule has 1 N–H and O–H groups in total. The summed E-state index contributed by atoms with van der Waals surface area (Å²) < 4.78 is 13.6. The number of rotatable bonds is 4. The lowest BCUT2D eigenvalue weighted by atomic mass is 9.78. The molecule has 1 fully saturated rings. The van der Waals surface area contributed by atoms with E-state index in [1.54, 1.807) is 24.3 Å². The van der Waals surface area contributed by atoms with Gasteiger partial charge in [0.25, 0.3) is 0 Å². The van der Waals surface area contributed by atoms with E-state index >= 15 is 0 Å². The number of amides is 1. The van der Waals surface area contributed by atoms with E-state index in [2.05, 4.69) is 11.4 Å². The monoisotopic (exact) mass is 322 g/mol. The van der Waals surface area contributed by atoms with Crippen molar-refractivity contribution in [1.29, 1.82) is 5.26 Å². The Hall–Kier alpha value is -2.67. The summed E-state index contributed by atoms with van der Waals surface area (Å²) >= 11 is 0. The van der Waals surface area contributed by atoms with E-state index in [-0.39, 0.29) is 11.7 Å². The molecule has 0 saturated heterocycles. The lowest BCUT2D eigenvalue weighted by Gasteiger charge is -2.28. The average molecular weight is 322 g/mol. The lowest BCUT2D eigenvalue weighted by Crippen LogP contribution is -2.42. The molecule has 2 aromatic rings. The Bertz CT molecular complexity index is 788. The lowest BCUT2D eigenvalue weighted by molar-refractivity contribution is -0.126. The molecule has 4 heteroatoms. The normalized spacial score (nSPS) is 15.7. The fraction of sp³-hybridized carbons (Fsp3) is 0.300. The molecule has 0 spiro atoms. The van der Waals surface area contributed by atoms with Crippen LogP contribution >= 0.6 is 0 Å². The fourth-order valence-electron chi connectivity index (χ4n) is 3.51. The first-order chi connectivity index (χ1) is 11.6. The maximum atomic E-state index is 13.6. The van der Waals surface area contributed by atoms with E-state index in [0.29, 0.717) is 12.1 Å². The van der Waals surface area contributed by atoms with Gasteiger partial charge >= 0.3 is 0 Å². The number of benzene rings is 2. The zero-order chi connectivity index (χ0) is 17.0. The minimum Gasteiger partial charge on any atom is -0.351 e. The average Bonchev–Trinajstić information content (AvgIpc) is 3.11. The molecular formula is C20H19FN2O. The SMILES string of the molecule is N#Cc1cccc(CNC(=O)C2(c3cccc(F)c3)CCCC2)c1. The zero-order valence-electron chi connectivity index (χ0n) is 13.4.